The average Bonchev–Trinajstić information content (AvgIpc) is 1.40. The van der Waals surface area contributed by atoms with Crippen molar-refractivity contribution in [1.82, 2.24) is 0 Å². The lowest BCUT2D eigenvalue weighted by Crippen LogP contribution is -2.30. The fraction of sp³-hybridized carbons (Fsp3) is 0.949. The normalized spacial score (nSPS) is 13.8. The molecule has 0 fully saturated rings. The molecule has 0 aliphatic heterocycles. The third-order valence-electron chi connectivity index (χ3n) is 18.4. The summed E-state index contributed by atoms with van der Waals surface area (Å²) in [6, 6.07) is 0. The third-order valence-corrected chi connectivity index (χ3v) is 20.3. The van der Waals surface area contributed by atoms with E-state index in [2.05, 4.69) is 27.7 Å². The van der Waals surface area contributed by atoms with Crippen LogP contribution in [0, 0.1) is 0 Å². The second-order valence-electron chi connectivity index (χ2n) is 28.1. The molecule has 19 heteroatoms. The van der Waals surface area contributed by atoms with Crippen LogP contribution >= 0.6 is 15.6 Å². The topological polar surface area (TPSA) is 237 Å². The van der Waals surface area contributed by atoms with Crippen LogP contribution in [0.2, 0.25) is 0 Å². The predicted octanol–water partition coefficient (Wildman–Crippen LogP) is 23.4. The average molecular weight is 1420 g/mol. The molecule has 17 nitrogen and oxygen atoms in total. The van der Waals surface area contributed by atoms with Crippen molar-refractivity contribution in [3.8, 4) is 0 Å². The molecule has 0 aromatic rings. The van der Waals surface area contributed by atoms with Gasteiger partial charge in [0.05, 0.1) is 26.4 Å². The van der Waals surface area contributed by atoms with Crippen molar-refractivity contribution in [1.29, 1.82) is 0 Å². The molecule has 0 saturated heterocycles. The first kappa shape index (κ1) is 95.1. The molecule has 0 radical (unpaired) electrons. The summed E-state index contributed by atoms with van der Waals surface area (Å²) in [5.41, 5.74) is 0. The van der Waals surface area contributed by atoms with E-state index in [-0.39, 0.29) is 25.7 Å². The summed E-state index contributed by atoms with van der Waals surface area (Å²) in [5, 5.41) is 10.6. The number of hydrogen-bond acceptors (Lipinski definition) is 15. The Kier molecular flexibility index (Phi) is 71.0. The molecule has 5 atom stereocenters. The van der Waals surface area contributed by atoms with Gasteiger partial charge < -0.3 is 33.8 Å². The van der Waals surface area contributed by atoms with Crippen LogP contribution in [0.15, 0.2) is 0 Å². The summed E-state index contributed by atoms with van der Waals surface area (Å²) < 4.78 is 68.5. The first-order valence-corrected chi connectivity index (χ1v) is 43.8. The first-order valence-electron chi connectivity index (χ1n) is 40.8. The largest absolute Gasteiger partial charge is 0.472 e. The first-order chi connectivity index (χ1) is 47.2. The second kappa shape index (κ2) is 72.4. The molecule has 0 rings (SSSR count). The summed E-state index contributed by atoms with van der Waals surface area (Å²) >= 11 is 0. The quantitative estimate of drug-likeness (QED) is 0.0222. The van der Waals surface area contributed by atoms with Crippen molar-refractivity contribution >= 4 is 39.5 Å². The van der Waals surface area contributed by atoms with Gasteiger partial charge in [-0.1, -0.05) is 368 Å². The number of carbonyl (C=O) groups is 4. The molecular formula is C78H152O17P2. The van der Waals surface area contributed by atoms with Gasteiger partial charge in [-0.15, -0.1) is 0 Å². The Balaban J connectivity index is 5.17. The van der Waals surface area contributed by atoms with Gasteiger partial charge in [0.1, 0.15) is 19.3 Å². The Bertz CT molecular complexity index is 1840. The van der Waals surface area contributed by atoms with Crippen LogP contribution in [0.1, 0.15) is 419 Å². The Morgan fingerprint density at radius 1 is 0.247 bits per heavy atom. The zero-order chi connectivity index (χ0) is 71.1. The third kappa shape index (κ3) is 72.2. The van der Waals surface area contributed by atoms with Crippen molar-refractivity contribution in [2.24, 2.45) is 0 Å². The number of esters is 4. The number of phosphoric ester groups is 2. The number of aliphatic hydroxyl groups excluding tert-OH is 1. The van der Waals surface area contributed by atoms with Crippen LogP contribution in [0.3, 0.4) is 0 Å². The fourth-order valence-electron chi connectivity index (χ4n) is 12.1. The van der Waals surface area contributed by atoms with Gasteiger partial charge in [0.25, 0.3) is 0 Å². The molecule has 0 heterocycles. The highest BCUT2D eigenvalue weighted by atomic mass is 31.2. The van der Waals surface area contributed by atoms with Crippen LogP contribution in [0.5, 0.6) is 0 Å². The lowest BCUT2D eigenvalue weighted by Gasteiger charge is -2.21. The van der Waals surface area contributed by atoms with Gasteiger partial charge in [-0.2, -0.15) is 0 Å². The highest BCUT2D eigenvalue weighted by Gasteiger charge is 2.30. The number of aliphatic hydroxyl groups is 1. The van der Waals surface area contributed by atoms with E-state index in [0.717, 1.165) is 89.9 Å². The van der Waals surface area contributed by atoms with Crippen LogP contribution in [0.25, 0.3) is 0 Å². The van der Waals surface area contributed by atoms with Crippen molar-refractivity contribution in [2.75, 3.05) is 39.6 Å². The summed E-state index contributed by atoms with van der Waals surface area (Å²) in [7, 11) is -9.91. The van der Waals surface area contributed by atoms with Crippen molar-refractivity contribution < 1.29 is 80.2 Å². The Morgan fingerprint density at radius 2 is 0.412 bits per heavy atom. The highest BCUT2D eigenvalue weighted by Crippen LogP contribution is 2.45. The summed E-state index contributed by atoms with van der Waals surface area (Å²) in [6.07, 6.45) is 63.9. The Morgan fingerprint density at radius 3 is 0.608 bits per heavy atom. The fourth-order valence-corrected chi connectivity index (χ4v) is 13.7. The summed E-state index contributed by atoms with van der Waals surface area (Å²) in [6.45, 7) is 4.98. The van der Waals surface area contributed by atoms with E-state index in [1.165, 1.54) is 250 Å². The lowest BCUT2D eigenvalue weighted by molar-refractivity contribution is -0.161. The number of ether oxygens (including phenoxy) is 4. The maximum Gasteiger partial charge on any atom is 0.472 e. The molecule has 0 aromatic heterocycles. The monoisotopic (exact) mass is 1420 g/mol. The molecule has 0 aliphatic carbocycles. The van der Waals surface area contributed by atoms with E-state index < -0.39 is 97.5 Å². The Hall–Kier alpha value is -1.94. The number of rotatable bonds is 79. The van der Waals surface area contributed by atoms with E-state index in [1.807, 2.05) is 0 Å². The molecular weight excluding hydrogens is 1270 g/mol. The zero-order valence-electron chi connectivity index (χ0n) is 63.1. The van der Waals surface area contributed by atoms with Gasteiger partial charge in [0.15, 0.2) is 12.2 Å². The maximum atomic E-state index is 13.1. The Labute approximate surface area is 594 Å². The van der Waals surface area contributed by atoms with E-state index in [4.69, 9.17) is 37.0 Å². The molecule has 97 heavy (non-hydrogen) atoms. The number of hydrogen-bond donors (Lipinski definition) is 3. The molecule has 0 aromatic carbocycles. The molecule has 0 amide bonds. The zero-order valence-corrected chi connectivity index (χ0v) is 64.8. The van der Waals surface area contributed by atoms with Crippen molar-refractivity contribution in [3.05, 3.63) is 0 Å². The minimum Gasteiger partial charge on any atom is -0.462 e. The second-order valence-corrected chi connectivity index (χ2v) is 31.0. The van der Waals surface area contributed by atoms with Gasteiger partial charge in [-0.05, 0) is 25.7 Å². The van der Waals surface area contributed by atoms with Gasteiger partial charge in [-0.25, -0.2) is 9.13 Å². The van der Waals surface area contributed by atoms with Gasteiger partial charge in [0, 0.05) is 25.7 Å². The molecule has 3 N–H and O–H groups in total. The van der Waals surface area contributed by atoms with E-state index in [1.54, 1.807) is 0 Å². The number of phosphoric acid groups is 2. The van der Waals surface area contributed by atoms with Crippen LogP contribution in [-0.2, 0) is 65.4 Å². The van der Waals surface area contributed by atoms with Crippen LogP contribution in [-0.4, -0.2) is 96.7 Å². The summed E-state index contributed by atoms with van der Waals surface area (Å²) in [4.78, 5) is 72.8. The maximum absolute atomic E-state index is 13.1. The predicted molar refractivity (Wildman–Crippen MR) is 395 cm³/mol. The standard InChI is InChI=1S/C78H152O17P2/c1-5-9-13-17-21-25-28-31-33-34-35-36-37-38-39-40-42-45-49-53-57-61-65-78(83)95-74(69-89-76(81)63-59-55-51-47-44-41-32-29-26-22-18-14-10-6-2)71-93-97(86,87)91-67-72(79)66-90-96(84,85)92-70-73(68-88-75(80)62-58-54-50-46-24-20-16-12-8-4)94-77(82)64-60-56-52-48-43-30-27-23-19-15-11-7-3/h72-74,79H,5-71H2,1-4H3,(H,84,85)(H,86,87)/t72-,73+,74+/m0/s1. The minimum atomic E-state index is -4.96. The lowest BCUT2D eigenvalue weighted by atomic mass is 10.0. The molecule has 0 aliphatic rings. The van der Waals surface area contributed by atoms with Gasteiger partial charge in [0.2, 0.25) is 0 Å². The van der Waals surface area contributed by atoms with Crippen LogP contribution in [0.4, 0.5) is 0 Å². The molecule has 0 saturated carbocycles. The minimum absolute atomic E-state index is 0.108. The molecule has 0 spiro atoms. The van der Waals surface area contributed by atoms with E-state index >= 15 is 0 Å². The number of carbonyl (C=O) groups excluding carboxylic acids is 4. The number of unbranched alkanes of at least 4 members (excludes halogenated alkanes) is 53. The van der Waals surface area contributed by atoms with Gasteiger partial charge in [-0.3, -0.25) is 37.3 Å². The van der Waals surface area contributed by atoms with Gasteiger partial charge >= 0.3 is 39.5 Å². The van der Waals surface area contributed by atoms with Crippen LogP contribution < -0.4 is 0 Å². The molecule has 2 unspecified atom stereocenters. The summed E-state index contributed by atoms with van der Waals surface area (Å²) in [5.74, 6) is -2.11. The van der Waals surface area contributed by atoms with E-state index in [0.29, 0.717) is 25.7 Å². The molecule has 0 bridgehead atoms. The highest BCUT2D eigenvalue weighted by molar-refractivity contribution is 7.47. The molecule has 576 valence electrons. The van der Waals surface area contributed by atoms with Crippen molar-refractivity contribution in [3.63, 3.8) is 0 Å². The van der Waals surface area contributed by atoms with E-state index in [9.17, 15) is 43.2 Å². The SMILES string of the molecule is CCCCCCCCCCCCCCCCCCCCCCCCC(=O)O[C@H](COC(=O)CCCCCCCCCCCCCCCC)COP(=O)(O)OC[C@@H](O)COP(=O)(O)OC[C@@H](COC(=O)CCCCCCCCCCC)OC(=O)CCCCCCCCCCCCCC. The smallest absolute Gasteiger partial charge is 0.462 e. The van der Waals surface area contributed by atoms with Crippen molar-refractivity contribution in [2.45, 2.75) is 438 Å².